The molecule has 5 heteroatoms. The summed E-state index contributed by atoms with van der Waals surface area (Å²) in [6.45, 7) is 2.51. The number of rotatable bonds is 3. The molecule has 2 rings (SSSR count). The maximum Gasteiger partial charge on any atom is 0.144 e. The molecule has 1 heterocycles. The minimum Gasteiger partial charge on any atom is -0.496 e. The van der Waals surface area contributed by atoms with Gasteiger partial charge in [0.25, 0.3) is 0 Å². The van der Waals surface area contributed by atoms with Gasteiger partial charge in [0.05, 0.1) is 24.6 Å². The lowest BCUT2D eigenvalue weighted by Crippen LogP contribution is -1.95. The summed E-state index contributed by atoms with van der Waals surface area (Å²) in [6.07, 6.45) is 1.42. The monoisotopic (exact) mass is 238 g/mol. The summed E-state index contributed by atoms with van der Waals surface area (Å²) in [4.78, 5) is 8.06. The molecule has 16 heavy (non-hydrogen) atoms. The number of nitrogens with zero attached hydrogens (tertiary/aromatic N) is 2. The van der Waals surface area contributed by atoms with Gasteiger partial charge in [-0.3, -0.25) is 0 Å². The first-order valence-corrected chi connectivity index (χ1v) is 5.25. The number of ether oxygens (including phenoxy) is 2. The number of methoxy groups -OCH3 is 1. The van der Waals surface area contributed by atoms with E-state index in [0.717, 1.165) is 0 Å². The highest BCUT2D eigenvalue weighted by Crippen LogP contribution is 2.33. The van der Waals surface area contributed by atoms with E-state index in [1.165, 1.54) is 6.33 Å². The van der Waals surface area contributed by atoms with Crippen molar-refractivity contribution in [1.82, 2.24) is 9.97 Å². The predicted molar refractivity (Wildman–Crippen MR) is 62.3 cm³/mol. The van der Waals surface area contributed by atoms with Gasteiger partial charge >= 0.3 is 0 Å². The van der Waals surface area contributed by atoms with Gasteiger partial charge in [-0.1, -0.05) is 11.6 Å². The molecule has 0 amide bonds. The van der Waals surface area contributed by atoms with Crippen molar-refractivity contribution >= 4 is 22.5 Å². The molecule has 0 aliphatic rings. The molecule has 4 nitrogen and oxygen atoms in total. The molecule has 2 aromatic rings. The molecule has 84 valence electrons. The quantitative estimate of drug-likeness (QED) is 0.772. The topological polar surface area (TPSA) is 44.2 Å². The van der Waals surface area contributed by atoms with Crippen LogP contribution >= 0.6 is 11.6 Å². The van der Waals surface area contributed by atoms with E-state index < -0.39 is 0 Å². The zero-order chi connectivity index (χ0) is 11.5. The van der Waals surface area contributed by atoms with Crippen LogP contribution in [0.15, 0.2) is 18.5 Å². The zero-order valence-corrected chi connectivity index (χ0v) is 9.78. The summed E-state index contributed by atoms with van der Waals surface area (Å²) in [5, 5.41) is 1.08. The fourth-order valence-corrected chi connectivity index (χ4v) is 1.74. The second kappa shape index (κ2) is 4.53. The lowest BCUT2D eigenvalue weighted by atomic mass is 10.2. The van der Waals surface area contributed by atoms with Crippen LogP contribution in [-0.2, 0) is 0 Å². The number of fused-ring (bicyclic) bond motifs is 1. The first kappa shape index (κ1) is 11.0. The van der Waals surface area contributed by atoms with Crippen molar-refractivity contribution in [3.05, 3.63) is 23.6 Å². The van der Waals surface area contributed by atoms with Crippen molar-refractivity contribution in [2.24, 2.45) is 0 Å². The van der Waals surface area contributed by atoms with E-state index in [0.29, 0.717) is 34.2 Å². The molecule has 1 aromatic carbocycles. The number of aromatic nitrogens is 2. The van der Waals surface area contributed by atoms with Gasteiger partial charge in [0, 0.05) is 12.1 Å². The van der Waals surface area contributed by atoms with Gasteiger partial charge in [0.1, 0.15) is 23.0 Å². The van der Waals surface area contributed by atoms with Gasteiger partial charge in [0.2, 0.25) is 0 Å². The highest BCUT2D eigenvalue weighted by atomic mass is 35.5. The van der Waals surface area contributed by atoms with Crippen LogP contribution in [0.5, 0.6) is 11.5 Å². The highest BCUT2D eigenvalue weighted by molar-refractivity contribution is 6.34. The Morgan fingerprint density at radius 1 is 1.31 bits per heavy atom. The Kier molecular flexibility index (Phi) is 3.10. The van der Waals surface area contributed by atoms with Gasteiger partial charge in [-0.25, -0.2) is 9.97 Å². The van der Waals surface area contributed by atoms with Crippen LogP contribution in [0, 0.1) is 0 Å². The summed E-state index contributed by atoms with van der Waals surface area (Å²) in [6, 6.07) is 3.59. The molecule has 0 atom stereocenters. The van der Waals surface area contributed by atoms with Crippen LogP contribution in [0.1, 0.15) is 6.92 Å². The minimum atomic E-state index is 0.380. The van der Waals surface area contributed by atoms with Gasteiger partial charge in [0.15, 0.2) is 0 Å². The maximum absolute atomic E-state index is 6.00. The summed E-state index contributed by atoms with van der Waals surface area (Å²) in [7, 11) is 1.58. The van der Waals surface area contributed by atoms with Crippen molar-refractivity contribution in [3.63, 3.8) is 0 Å². The summed E-state index contributed by atoms with van der Waals surface area (Å²) < 4.78 is 10.7. The Balaban J connectivity index is 2.68. The lowest BCUT2D eigenvalue weighted by Gasteiger charge is -2.09. The molecule has 0 unspecified atom stereocenters. The summed E-state index contributed by atoms with van der Waals surface area (Å²) in [5.41, 5.74) is 0.711. The molecule has 0 aliphatic carbocycles. The molecule has 0 aliphatic heterocycles. The molecular weight excluding hydrogens is 228 g/mol. The Hall–Kier alpha value is -1.55. The fraction of sp³-hybridized carbons (Fsp3) is 0.273. The summed E-state index contributed by atoms with van der Waals surface area (Å²) >= 11 is 6.00. The van der Waals surface area contributed by atoms with E-state index in [-0.39, 0.29) is 0 Å². The SMILES string of the molecule is CCOc1cc(OC)c2c(Cl)ncnc2c1. The maximum atomic E-state index is 6.00. The number of hydrogen-bond donors (Lipinski definition) is 0. The number of halogens is 1. The first-order valence-electron chi connectivity index (χ1n) is 4.87. The molecule has 0 fully saturated rings. The predicted octanol–water partition coefficient (Wildman–Crippen LogP) is 2.69. The molecule has 0 bridgehead atoms. The van der Waals surface area contributed by atoms with E-state index in [2.05, 4.69) is 9.97 Å². The van der Waals surface area contributed by atoms with E-state index in [4.69, 9.17) is 21.1 Å². The third-order valence-electron chi connectivity index (χ3n) is 2.16. The van der Waals surface area contributed by atoms with Crippen LogP contribution < -0.4 is 9.47 Å². The second-order valence-corrected chi connectivity index (χ2v) is 3.48. The van der Waals surface area contributed by atoms with Crippen LogP contribution in [0.2, 0.25) is 5.15 Å². The van der Waals surface area contributed by atoms with Crippen molar-refractivity contribution in [1.29, 1.82) is 0 Å². The van der Waals surface area contributed by atoms with Crippen molar-refractivity contribution in [3.8, 4) is 11.5 Å². The Morgan fingerprint density at radius 2 is 2.12 bits per heavy atom. The molecule has 1 aromatic heterocycles. The zero-order valence-electron chi connectivity index (χ0n) is 9.03. The highest BCUT2D eigenvalue weighted by Gasteiger charge is 2.10. The average molecular weight is 239 g/mol. The summed E-state index contributed by atoms with van der Waals surface area (Å²) in [5.74, 6) is 1.33. The average Bonchev–Trinajstić information content (AvgIpc) is 2.28. The first-order chi connectivity index (χ1) is 7.76. The lowest BCUT2D eigenvalue weighted by molar-refractivity contribution is 0.337. The Morgan fingerprint density at radius 3 is 2.81 bits per heavy atom. The molecule has 0 spiro atoms. The third kappa shape index (κ3) is 1.88. The van der Waals surface area contributed by atoms with E-state index in [9.17, 15) is 0 Å². The van der Waals surface area contributed by atoms with Gasteiger partial charge < -0.3 is 9.47 Å². The van der Waals surface area contributed by atoms with Crippen LogP contribution in [0.3, 0.4) is 0 Å². The van der Waals surface area contributed by atoms with Crippen molar-refractivity contribution in [2.75, 3.05) is 13.7 Å². The van der Waals surface area contributed by atoms with Crippen LogP contribution in [-0.4, -0.2) is 23.7 Å². The van der Waals surface area contributed by atoms with Crippen molar-refractivity contribution < 1.29 is 9.47 Å². The standard InChI is InChI=1S/C11H11ClN2O2/c1-3-16-7-4-8-10(9(5-7)15-2)11(12)14-6-13-8/h4-6H,3H2,1-2H3. The Bertz CT molecular complexity index is 517. The second-order valence-electron chi connectivity index (χ2n) is 3.12. The molecule has 0 saturated carbocycles. The minimum absolute atomic E-state index is 0.380. The van der Waals surface area contributed by atoms with Gasteiger partial charge in [-0.05, 0) is 6.92 Å². The van der Waals surface area contributed by atoms with Crippen LogP contribution in [0.4, 0.5) is 0 Å². The van der Waals surface area contributed by atoms with E-state index >= 15 is 0 Å². The number of benzene rings is 1. The smallest absolute Gasteiger partial charge is 0.144 e. The fourth-order valence-electron chi connectivity index (χ4n) is 1.50. The van der Waals surface area contributed by atoms with Crippen molar-refractivity contribution in [2.45, 2.75) is 6.92 Å². The largest absolute Gasteiger partial charge is 0.496 e. The Labute approximate surface area is 98.2 Å². The number of hydrogen-bond acceptors (Lipinski definition) is 4. The van der Waals surface area contributed by atoms with Crippen LogP contribution in [0.25, 0.3) is 10.9 Å². The van der Waals surface area contributed by atoms with Gasteiger partial charge in [-0.15, -0.1) is 0 Å². The van der Waals surface area contributed by atoms with Gasteiger partial charge in [-0.2, -0.15) is 0 Å². The normalized spacial score (nSPS) is 10.4. The molecule has 0 N–H and O–H groups in total. The molecule has 0 saturated heterocycles. The van der Waals surface area contributed by atoms with E-state index in [1.54, 1.807) is 13.2 Å². The molecular formula is C11H11ClN2O2. The van der Waals surface area contributed by atoms with E-state index in [1.807, 2.05) is 13.0 Å². The third-order valence-corrected chi connectivity index (χ3v) is 2.45. The molecule has 0 radical (unpaired) electrons.